The van der Waals surface area contributed by atoms with E-state index in [1.54, 1.807) is 0 Å². The number of pyridine rings is 2. The fourth-order valence-corrected chi connectivity index (χ4v) is 8.35. The number of benzene rings is 7. The minimum atomic E-state index is 0.926. The summed E-state index contributed by atoms with van der Waals surface area (Å²) in [5.74, 6) is 0. The van der Waals surface area contributed by atoms with Gasteiger partial charge in [-0.15, -0.1) is 0 Å². The van der Waals surface area contributed by atoms with E-state index in [-0.39, 0.29) is 0 Å². The van der Waals surface area contributed by atoms with Gasteiger partial charge >= 0.3 is 0 Å². The van der Waals surface area contributed by atoms with E-state index in [0.717, 1.165) is 78.5 Å². The van der Waals surface area contributed by atoms with Gasteiger partial charge in [0.1, 0.15) is 0 Å². The SMILES string of the molecule is c1ccc(-c2cc(-n3c4ccccc4c4ccc5c6ccccc6n(-c6cc(-c7ccccc7)nc(-c7ccccc7)c6)c5c43)cc(-c3ccccc3)n2)cc1. The number of rotatable bonds is 6. The first kappa shape index (κ1) is 31.9. The van der Waals surface area contributed by atoms with Gasteiger partial charge in [-0.2, -0.15) is 0 Å². The van der Waals surface area contributed by atoms with Crippen LogP contribution in [0.5, 0.6) is 0 Å². The van der Waals surface area contributed by atoms with Crippen molar-refractivity contribution in [3.63, 3.8) is 0 Å². The van der Waals surface area contributed by atoms with Crippen LogP contribution in [0.15, 0.2) is 206 Å². The van der Waals surface area contributed by atoms with Crippen molar-refractivity contribution in [3.8, 4) is 56.4 Å². The Kier molecular flexibility index (Phi) is 7.46. The van der Waals surface area contributed by atoms with E-state index >= 15 is 0 Å². The van der Waals surface area contributed by atoms with Crippen LogP contribution in [0.25, 0.3) is 100 Å². The molecule has 11 rings (SSSR count). The zero-order valence-corrected chi connectivity index (χ0v) is 30.4. The van der Waals surface area contributed by atoms with E-state index < -0.39 is 0 Å². The summed E-state index contributed by atoms with van der Waals surface area (Å²) in [6.07, 6.45) is 0. The van der Waals surface area contributed by atoms with E-state index in [1.807, 2.05) is 0 Å². The fraction of sp³-hybridized carbons (Fsp3) is 0. The van der Waals surface area contributed by atoms with Crippen LogP contribution < -0.4 is 0 Å². The number of fused-ring (bicyclic) bond motifs is 7. The highest BCUT2D eigenvalue weighted by Crippen LogP contribution is 2.43. The second kappa shape index (κ2) is 13.1. The molecule has 0 unspecified atom stereocenters. The molecule has 56 heavy (non-hydrogen) atoms. The Morgan fingerprint density at radius 2 is 0.554 bits per heavy atom. The maximum atomic E-state index is 5.26. The molecule has 4 heteroatoms. The second-order valence-electron chi connectivity index (χ2n) is 14.2. The van der Waals surface area contributed by atoms with Crippen LogP contribution in [0.1, 0.15) is 0 Å². The predicted molar refractivity (Wildman–Crippen MR) is 232 cm³/mol. The smallest absolute Gasteiger partial charge is 0.0788 e. The standard InChI is InChI=1S/C52H34N4/c1-5-17-35(18-6-1)45-31-39(32-46(53-45)36-19-7-2-8-20-36)55-49-27-15-13-25-41(49)43-29-30-44-42-26-14-16-28-50(42)56(52(44)51(43)55)40-33-47(37-21-9-3-10-22-37)54-48(34-40)38-23-11-4-12-24-38/h1-34H. The zero-order chi connectivity index (χ0) is 37.0. The van der Waals surface area contributed by atoms with Crippen molar-refractivity contribution >= 4 is 43.6 Å². The monoisotopic (exact) mass is 714 g/mol. The average Bonchev–Trinajstić information content (AvgIpc) is 3.81. The van der Waals surface area contributed by atoms with Gasteiger partial charge in [-0.25, -0.2) is 9.97 Å². The summed E-state index contributed by atoms with van der Waals surface area (Å²) in [6, 6.07) is 73.1. The van der Waals surface area contributed by atoms with E-state index in [4.69, 9.17) is 9.97 Å². The maximum Gasteiger partial charge on any atom is 0.0788 e. The molecule has 0 saturated carbocycles. The number of aromatic nitrogens is 4. The van der Waals surface area contributed by atoms with Gasteiger partial charge in [-0.1, -0.05) is 170 Å². The lowest BCUT2D eigenvalue weighted by Crippen LogP contribution is -2.02. The molecule has 4 aromatic heterocycles. The highest BCUT2D eigenvalue weighted by molar-refractivity contribution is 6.24. The van der Waals surface area contributed by atoms with Gasteiger partial charge in [0, 0.05) is 43.8 Å². The van der Waals surface area contributed by atoms with Gasteiger partial charge in [0.05, 0.1) is 56.2 Å². The van der Waals surface area contributed by atoms with Gasteiger partial charge in [0.25, 0.3) is 0 Å². The molecule has 0 saturated heterocycles. The molecule has 0 fully saturated rings. The summed E-state index contributed by atoms with van der Waals surface area (Å²) < 4.78 is 4.92. The van der Waals surface area contributed by atoms with Crippen LogP contribution in [0.3, 0.4) is 0 Å². The molecule has 0 radical (unpaired) electrons. The first-order chi connectivity index (χ1) is 27.8. The normalized spacial score (nSPS) is 11.6. The first-order valence-electron chi connectivity index (χ1n) is 19.0. The Balaban J connectivity index is 1.29. The van der Waals surface area contributed by atoms with Gasteiger partial charge < -0.3 is 9.13 Å². The third-order valence-electron chi connectivity index (χ3n) is 10.9. The number of nitrogens with zero attached hydrogens (tertiary/aromatic N) is 4. The summed E-state index contributed by atoms with van der Waals surface area (Å²) >= 11 is 0. The topological polar surface area (TPSA) is 35.6 Å². The summed E-state index contributed by atoms with van der Waals surface area (Å²) in [5, 5.41) is 4.78. The molecule has 0 bridgehead atoms. The Bertz CT molecular complexity index is 2880. The largest absolute Gasteiger partial charge is 0.307 e. The first-order valence-corrected chi connectivity index (χ1v) is 19.0. The summed E-state index contributed by atoms with van der Waals surface area (Å²) in [6.45, 7) is 0. The quantitative estimate of drug-likeness (QED) is 0.172. The third kappa shape index (κ3) is 5.23. The van der Waals surface area contributed by atoms with Gasteiger partial charge in [0.15, 0.2) is 0 Å². The summed E-state index contributed by atoms with van der Waals surface area (Å²) in [7, 11) is 0. The van der Waals surface area contributed by atoms with Gasteiger partial charge in [0.2, 0.25) is 0 Å². The van der Waals surface area contributed by atoms with E-state index in [9.17, 15) is 0 Å². The Hall–Kier alpha value is -7.56. The molecular weight excluding hydrogens is 681 g/mol. The minimum Gasteiger partial charge on any atom is -0.307 e. The fourth-order valence-electron chi connectivity index (χ4n) is 8.35. The highest BCUT2D eigenvalue weighted by atomic mass is 15.0. The molecule has 7 aromatic carbocycles. The van der Waals surface area contributed by atoms with Crippen LogP contribution in [0, 0.1) is 0 Å². The zero-order valence-electron chi connectivity index (χ0n) is 30.4. The van der Waals surface area contributed by atoms with Crippen LogP contribution in [0.2, 0.25) is 0 Å². The number of hydrogen-bond donors (Lipinski definition) is 0. The van der Waals surface area contributed by atoms with E-state index in [0.29, 0.717) is 0 Å². The number of para-hydroxylation sites is 2. The predicted octanol–water partition coefficient (Wildman–Crippen LogP) is 13.3. The average molecular weight is 715 g/mol. The molecule has 0 N–H and O–H groups in total. The molecule has 0 aliphatic carbocycles. The lowest BCUT2D eigenvalue weighted by Gasteiger charge is -2.16. The van der Waals surface area contributed by atoms with E-state index in [1.165, 1.54) is 21.5 Å². The molecule has 4 heterocycles. The molecule has 0 aliphatic rings. The van der Waals surface area contributed by atoms with Crippen molar-refractivity contribution in [1.82, 2.24) is 19.1 Å². The van der Waals surface area contributed by atoms with Crippen molar-refractivity contribution in [3.05, 3.63) is 206 Å². The number of hydrogen-bond acceptors (Lipinski definition) is 2. The van der Waals surface area contributed by atoms with Crippen LogP contribution in [0.4, 0.5) is 0 Å². The Labute approximate surface area is 324 Å². The molecule has 262 valence electrons. The molecule has 0 atom stereocenters. The van der Waals surface area contributed by atoms with Gasteiger partial charge in [-0.05, 0) is 36.4 Å². The third-order valence-corrected chi connectivity index (χ3v) is 10.9. The maximum absolute atomic E-state index is 5.26. The van der Waals surface area contributed by atoms with Crippen molar-refractivity contribution < 1.29 is 0 Å². The van der Waals surface area contributed by atoms with Crippen LogP contribution in [-0.4, -0.2) is 19.1 Å². The molecular formula is C52H34N4. The lowest BCUT2D eigenvalue weighted by atomic mass is 10.1. The van der Waals surface area contributed by atoms with E-state index in [2.05, 4.69) is 215 Å². The van der Waals surface area contributed by atoms with Crippen molar-refractivity contribution in [2.45, 2.75) is 0 Å². The summed E-state index contributed by atoms with van der Waals surface area (Å²) in [5.41, 5.74) is 14.7. The molecule has 4 nitrogen and oxygen atoms in total. The van der Waals surface area contributed by atoms with Crippen LogP contribution >= 0.6 is 0 Å². The Morgan fingerprint density at radius 1 is 0.268 bits per heavy atom. The van der Waals surface area contributed by atoms with Crippen molar-refractivity contribution in [2.24, 2.45) is 0 Å². The minimum absolute atomic E-state index is 0.926. The Morgan fingerprint density at radius 3 is 0.875 bits per heavy atom. The molecule has 11 aromatic rings. The second-order valence-corrected chi connectivity index (χ2v) is 14.2. The highest BCUT2D eigenvalue weighted by Gasteiger charge is 2.23. The molecule has 0 amide bonds. The lowest BCUT2D eigenvalue weighted by molar-refractivity contribution is 1.13. The van der Waals surface area contributed by atoms with Crippen molar-refractivity contribution in [2.75, 3.05) is 0 Å². The van der Waals surface area contributed by atoms with Crippen LogP contribution in [-0.2, 0) is 0 Å². The van der Waals surface area contributed by atoms with Gasteiger partial charge in [-0.3, -0.25) is 0 Å². The molecule has 0 spiro atoms. The molecule has 0 aliphatic heterocycles. The summed E-state index contributed by atoms with van der Waals surface area (Å²) in [4.78, 5) is 10.5. The van der Waals surface area contributed by atoms with Crippen molar-refractivity contribution in [1.29, 1.82) is 0 Å².